The van der Waals surface area contributed by atoms with E-state index in [1.807, 2.05) is 0 Å². The molecular formula is C26H38O2. The van der Waals surface area contributed by atoms with Gasteiger partial charge in [-0.25, -0.2) is 0 Å². The van der Waals surface area contributed by atoms with E-state index in [1.165, 1.54) is 56.1 Å². The molecule has 2 heteroatoms. The van der Waals surface area contributed by atoms with E-state index in [4.69, 9.17) is 9.84 Å². The first-order valence-electron chi connectivity index (χ1n) is 11.0. The topological polar surface area (TPSA) is 29.5 Å². The van der Waals surface area contributed by atoms with Crippen molar-refractivity contribution in [3.63, 3.8) is 0 Å². The highest BCUT2D eigenvalue weighted by atomic mass is 16.5. The standard InChI is InChI=1S/C26H38O2/c1-26(2,23-15-11-10-12-16-23)24-17-19-25(20-18-24)28-22-14-9-7-5-3-4-6-8-13-21-27/h10-12,15-20,27H,3-9,13-14,21-22H2,1-2H3. The molecule has 154 valence electrons. The molecule has 0 fully saturated rings. The van der Waals surface area contributed by atoms with Crippen molar-refractivity contribution in [2.75, 3.05) is 13.2 Å². The maximum Gasteiger partial charge on any atom is 0.119 e. The Labute approximate surface area is 172 Å². The molecule has 2 aromatic rings. The van der Waals surface area contributed by atoms with Crippen LogP contribution < -0.4 is 4.74 Å². The van der Waals surface area contributed by atoms with Gasteiger partial charge < -0.3 is 9.84 Å². The van der Waals surface area contributed by atoms with E-state index >= 15 is 0 Å². The highest BCUT2D eigenvalue weighted by molar-refractivity contribution is 5.39. The molecule has 0 unspecified atom stereocenters. The number of aliphatic hydroxyl groups excluding tert-OH is 1. The highest BCUT2D eigenvalue weighted by Gasteiger charge is 2.22. The molecule has 0 saturated heterocycles. The van der Waals surface area contributed by atoms with E-state index in [9.17, 15) is 0 Å². The predicted molar refractivity (Wildman–Crippen MR) is 119 cm³/mol. The van der Waals surface area contributed by atoms with Crippen molar-refractivity contribution in [3.05, 3.63) is 65.7 Å². The lowest BCUT2D eigenvalue weighted by Gasteiger charge is -2.26. The van der Waals surface area contributed by atoms with Crippen LogP contribution in [0.1, 0.15) is 82.8 Å². The number of hydrogen-bond donors (Lipinski definition) is 1. The highest BCUT2D eigenvalue weighted by Crippen LogP contribution is 2.32. The number of unbranched alkanes of at least 4 members (excludes halogenated alkanes) is 8. The van der Waals surface area contributed by atoms with Crippen molar-refractivity contribution in [2.24, 2.45) is 0 Å². The van der Waals surface area contributed by atoms with E-state index in [0.717, 1.165) is 25.2 Å². The lowest BCUT2D eigenvalue weighted by molar-refractivity contribution is 0.282. The summed E-state index contributed by atoms with van der Waals surface area (Å²) in [6.45, 7) is 5.68. The third kappa shape index (κ3) is 7.67. The Balaban J connectivity index is 1.62. The molecule has 0 aliphatic rings. The Bertz CT molecular complexity index is 631. The zero-order valence-electron chi connectivity index (χ0n) is 17.8. The SMILES string of the molecule is CC(C)(c1ccccc1)c1ccc(OCCCCCCCCCCCO)cc1. The largest absolute Gasteiger partial charge is 0.494 e. The summed E-state index contributed by atoms with van der Waals surface area (Å²) in [5, 5.41) is 8.76. The van der Waals surface area contributed by atoms with Gasteiger partial charge in [0.15, 0.2) is 0 Å². The predicted octanol–water partition coefficient (Wildman–Crippen LogP) is 6.89. The van der Waals surface area contributed by atoms with Crippen LogP contribution in [0, 0.1) is 0 Å². The summed E-state index contributed by atoms with van der Waals surface area (Å²) in [5.74, 6) is 0.969. The molecule has 0 heterocycles. The van der Waals surface area contributed by atoms with Crippen LogP contribution in [-0.2, 0) is 5.41 Å². The third-order valence-electron chi connectivity index (χ3n) is 5.64. The quantitative estimate of drug-likeness (QED) is 0.360. The Morgan fingerprint density at radius 2 is 1.14 bits per heavy atom. The van der Waals surface area contributed by atoms with Gasteiger partial charge in [0.05, 0.1) is 6.61 Å². The summed E-state index contributed by atoms with van der Waals surface area (Å²) in [7, 11) is 0. The molecular weight excluding hydrogens is 344 g/mol. The average Bonchev–Trinajstić information content (AvgIpc) is 2.73. The minimum atomic E-state index is -0.00210. The van der Waals surface area contributed by atoms with Gasteiger partial charge in [0.25, 0.3) is 0 Å². The summed E-state index contributed by atoms with van der Waals surface area (Å²) in [5.41, 5.74) is 2.64. The second-order valence-corrected chi connectivity index (χ2v) is 8.27. The van der Waals surface area contributed by atoms with E-state index in [2.05, 4.69) is 68.4 Å². The molecule has 0 saturated carbocycles. The van der Waals surface area contributed by atoms with Crippen LogP contribution in [0.2, 0.25) is 0 Å². The number of aliphatic hydroxyl groups is 1. The first-order chi connectivity index (χ1) is 13.6. The summed E-state index contributed by atoms with van der Waals surface area (Å²) in [6, 6.07) is 19.3. The Hall–Kier alpha value is -1.80. The van der Waals surface area contributed by atoms with E-state index in [1.54, 1.807) is 0 Å². The van der Waals surface area contributed by atoms with Crippen molar-refractivity contribution >= 4 is 0 Å². The fraction of sp³-hybridized carbons (Fsp3) is 0.538. The van der Waals surface area contributed by atoms with E-state index < -0.39 is 0 Å². The lowest BCUT2D eigenvalue weighted by Crippen LogP contribution is -2.18. The molecule has 1 N–H and O–H groups in total. The van der Waals surface area contributed by atoms with Crippen LogP contribution in [0.15, 0.2) is 54.6 Å². The molecule has 0 aromatic heterocycles. The van der Waals surface area contributed by atoms with Crippen LogP contribution in [0.5, 0.6) is 5.75 Å². The summed E-state index contributed by atoms with van der Waals surface area (Å²) in [4.78, 5) is 0. The fourth-order valence-electron chi connectivity index (χ4n) is 3.63. The van der Waals surface area contributed by atoms with Gasteiger partial charge in [-0.2, -0.15) is 0 Å². The number of benzene rings is 2. The van der Waals surface area contributed by atoms with Gasteiger partial charge in [0.1, 0.15) is 5.75 Å². The van der Waals surface area contributed by atoms with Gasteiger partial charge in [-0.15, -0.1) is 0 Å². The van der Waals surface area contributed by atoms with E-state index in [0.29, 0.717) is 6.61 Å². The molecule has 0 aliphatic heterocycles. The van der Waals surface area contributed by atoms with Crippen LogP contribution in [0.25, 0.3) is 0 Å². The molecule has 2 aromatic carbocycles. The molecule has 2 nitrogen and oxygen atoms in total. The van der Waals surface area contributed by atoms with Gasteiger partial charge in [-0.3, -0.25) is 0 Å². The van der Waals surface area contributed by atoms with Crippen LogP contribution >= 0.6 is 0 Å². The van der Waals surface area contributed by atoms with Gasteiger partial charge in [-0.1, -0.05) is 101 Å². The first kappa shape index (κ1) is 22.5. The zero-order chi connectivity index (χ0) is 20.1. The maximum atomic E-state index is 8.76. The number of ether oxygens (including phenoxy) is 1. The lowest BCUT2D eigenvalue weighted by atomic mass is 9.78. The van der Waals surface area contributed by atoms with E-state index in [-0.39, 0.29) is 5.41 Å². The molecule has 0 spiro atoms. The molecule has 0 amide bonds. The zero-order valence-corrected chi connectivity index (χ0v) is 17.8. The fourth-order valence-corrected chi connectivity index (χ4v) is 3.63. The minimum absolute atomic E-state index is 0.00210. The monoisotopic (exact) mass is 382 g/mol. The van der Waals surface area contributed by atoms with Crippen LogP contribution in [-0.4, -0.2) is 18.3 Å². The summed E-state index contributed by atoms with van der Waals surface area (Å²) >= 11 is 0. The number of rotatable bonds is 14. The molecule has 28 heavy (non-hydrogen) atoms. The first-order valence-corrected chi connectivity index (χ1v) is 11.0. The molecule has 0 aliphatic carbocycles. The maximum absolute atomic E-state index is 8.76. The van der Waals surface area contributed by atoms with Gasteiger partial charge >= 0.3 is 0 Å². The second-order valence-electron chi connectivity index (χ2n) is 8.27. The summed E-state index contributed by atoms with van der Waals surface area (Å²) in [6.07, 6.45) is 11.0. The van der Waals surface area contributed by atoms with Gasteiger partial charge in [0.2, 0.25) is 0 Å². The smallest absolute Gasteiger partial charge is 0.119 e. The molecule has 2 rings (SSSR count). The molecule has 0 radical (unpaired) electrons. The third-order valence-corrected chi connectivity index (χ3v) is 5.64. The normalized spacial score (nSPS) is 11.5. The average molecular weight is 383 g/mol. The van der Waals surface area contributed by atoms with Crippen molar-refractivity contribution in [1.29, 1.82) is 0 Å². The van der Waals surface area contributed by atoms with Crippen LogP contribution in [0.3, 0.4) is 0 Å². The summed E-state index contributed by atoms with van der Waals surface area (Å²) < 4.78 is 5.93. The van der Waals surface area contributed by atoms with Crippen molar-refractivity contribution in [3.8, 4) is 5.75 Å². The van der Waals surface area contributed by atoms with Gasteiger partial charge in [-0.05, 0) is 36.1 Å². The Morgan fingerprint density at radius 1 is 0.643 bits per heavy atom. The second kappa shape index (κ2) is 12.6. The van der Waals surface area contributed by atoms with Crippen molar-refractivity contribution < 1.29 is 9.84 Å². The minimum Gasteiger partial charge on any atom is -0.494 e. The van der Waals surface area contributed by atoms with Crippen molar-refractivity contribution in [1.82, 2.24) is 0 Å². The number of hydrogen-bond acceptors (Lipinski definition) is 2. The van der Waals surface area contributed by atoms with Gasteiger partial charge in [0, 0.05) is 12.0 Å². The molecule has 0 bridgehead atoms. The van der Waals surface area contributed by atoms with Crippen LogP contribution in [0.4, 0.5) is 0 Å². The Morgan fingerprint density at radius 3 is 1.71 bits per heavy atom. The Kier molecular flexibility index (Phi) is 10.1. The van der Waals surface area contributed by atoms with Crippen molar-refractivity contribution in [2.45, 2.75) is 77.0 Å². The molecule has 0 atom stereocenters.